The van der Waals surface area contributed by atoms with Crippen LogP contribution in [-0.4, -0.2) is 27.7 Å². The molecular formula is C20H17N5O4. The molecular weight excluding hydrogens is 374 g/mol. The van der Waals surface area contributed by atoms with Crippen molar-refractivity contribution in [1.29, 1.82) is 0 Å². The Kier molecular flexibility index (Phi) is 5.19. The molecule has 0 amide bonds. The number of benzene rings is 2. The zero-order chi connectivity index (χ0) is 20.1. The molecule has 2 heterocycles. The van der Waals surface area contributed by atoms with Gasteiger partial charge in [-0.3, -0.25) is 0 Å². The number of carbonyl (C=O) groups excluding carboxylic acids is 1. The summed E-state index contributed by atoms with van der Waals surface area (Å²) in [5, 5.41) is 3.02. The van der Waals surface area contributed by atoms with Crippen LogP contribution >= 0.6 is 0 Å². The number of rotatable bonds is 6. The highest BCUT2D eigenvalue weighted by molar-refractivity contribution is 5.87. The number of nitrogens with zero attached hydrogens (tertiary/aromatic N) is 3. The van der Waals surface area contributed by atoms with Gasteiger partial charge in [-0.05, 0) is 35.9 Å². The summed E-state index contributed by atoms with van der Waals surface area (Å²) in [7, 11) is 0. The van der Waals surface area contributed by atoms with Gasteiger partial charge in [0, 0.05) is 11.8 Å². The number of aromatic nitrogens is 3. The number of nitrogen functional groups attached to an aromatic ring is 1. The van der Waals surface area contributed by atoms with Crippen LogP contribution in [0.3, 0.4) is 0 Å². The first-order valence-corrected chi connectivity index (χ1v) is 8.73. The molecule has 0 radical (unpaired) electrons. The van der Waals surface area contributed by atoms with E-state index in [9.17, 15) is 4.79 Å². The molecule has 1 aliphatic rings. The first-order chi connectivity index (χ1) is 14.2. The zero-order valence-corrected chi connectivity index (χ0v) is 15.2. The maximum absolute atomic E-state index is 12.0. The van der Waals surface area contributed by atoms with Crippen molar-refractivity contribution in [3.8, 4) is 11.5 Å². The van der Waals surface area contributed by atoms with Gasteiger partial charge in [-0.15, -0.1) is 0 Å². The summed E-state index contributed by atoms with van der Waals surface area (Å²) in [5.41, 5.74) is 7.30. The topological polar surface area (TPSA) is 121 Å². The van der Waals surface area contributed by atoms with Gasteiger partial charge in [0.25, 0.3) is 0 Å². The SMILES string of the molecule is Nc1nc(COC(=O)/C=C/c2ccc3c(c2)OCO3)nc(Nc2ccccc2)n1. The smallest absolute Gasteiger partial charge is 0.331 e. The zero-order valence-electron chi connectivity index (χ0n) is 15.2. The second-order valence-electron chi connectivity index (χ2n) is 5.98. The third kappa shape index (κ3) is 4.78. The summed E-state index contributed by atoms with van der Waals surface area (Å²) >= 11 is 0. The number of esters is 1. The number of carbonyl (C=O) groups is 1. The van der Waals surface area contributed by atoms with Crippen LogP contribution in [0.2, 0.25) is 0 Å². The Labute approximate surface area is 166 Å². The number of fused-ring (bicyclic) bond motifs is 1. The molecule has 4 rings (SSSR count). The molecule has 0 aliphatic carbocycles. The van der Waals surface area contributed by atoms with E-state index in [1.807, 2.05) is 36.4 Å². The molecule has 1 aromatic heterocycles. The van der Waals surface area contributed by atoms with Gasteiger partial charge in [-0.1, -0.05) is 24.3 Å². The third-order valence-electron chi connectivity index (χ3n) is 3.88. The van der Waals surface area contributed by atoms with E-state index in [4.69, 9.17) is 19.9 Å². The second kappa shape index (κ2) is 8.26. The maximum atomic E-state index is 12.0. The summed E-state index contributed by atoms with van der Waals surface area (Å²) in [6.07, 6.45) is 2.93. The molecule has 146 valence electrons. The van der Waals surface area contributed by atoms with Crippen molar-refractivity contribution < 1.29 is 19.0 Å². The van der Waals surface area contributed by atoms with Gasteiger partial charge in [0.2, 0.25) is 18.7 Å². The summed E-state index contributed by atoms with van der Waals surface area (Å²) < 4.78 is 15.7. The molecule has 3 N–H and O–H groups in total. The predicted molar refractivity (Wildman–Crippen MR) is 105 cm³/mol. The number of nitrogens with one attached hydrogen (secondary N) is 1. The molecule has 0 spiro atoms. The van der Waals surface area contributed by atoms with E-state index in [0.717, 1.165) is 11.3 Å². The number of para-hydroxylation sites is 1. The minimum absolute atomic E-state index is 0.0281. The number of hydrogen-bond donors (Lipinski definition) is 2. The first-order valence-electron chi connectivity index (χ1n) is 8.73. The first kappa shape index (κ1) is 18.2. The van der Waals surface area contributed by atoms with Crippen molar-refractivity contribution in [2.75, 3.05) is 17.8 Å². The Morgan fingerprint density at radius 3 is 2.79 bits per heavy atom. The van der Waals surface area contributed by atoms with Gasteiger partial charge >= 0.3 is 5.97 Å². The molecule has 9 nitrogen and oxygen atoms in total. The Morgan fingerprint density at radius 2 is 1.93 bits per heavy atom. The van der Waals surface area contributed by atoms with E-state index in [0.29, 0.717) is 11.5 Å². The van der Waals surface area contributed by atoms with Crippen molar-refractivity contribution >= 4 is 29.6 Å². The Balaban J connectivity index is 1.36. The van der Waals surface area contributed by atoms with Crippen LogP contribution in [-0.2, 0) is 16.1 Å². The van der Waals surface area contributed by atoms with Crippen molar-refractivity contribution in [2.45, 2.75) is 6.61 Å². The number of ether oxygens (including phenoxy) is 3. The van der Waals surface area contributed by atoms with Gasteiger partial charge in [0.1, 0.15) is 0 Å². The fourth-order valence-corrected chi connectivity index (χ4v) is 2.57. The largest absolute Gasteiger partial charge is 0.454 e. The van der Waals surface area contributed by atoms with Crippen molar-refractivity contribution in [3.05, 3.63) is 66.0 Å². The Hall–Kier alpha value is -4.14. The van der Waals surface area contributed by atoms with Gasteiger partial charge in [-0.25, -0.2) is 4.79 Å². The highest BCUT2D eigenvalue weighted by Crippen LogP contribution is 2.32. The molecule has 0 atom stereocenters. The Bertz CT molecular complexity index is 1060. The summed E-state index contributed by atoms with van der Waals surface area (Å²) in [5.74, 6) is 1.31. The van der Waals surface area contributed by atoms with Gasteiger partial charge in [0.05, 0.1) is 0 Å². The van der Waals surface area contributed by atoms with Crippen LogP contribution in [0.25, 0.3) is 6.08 Å². The highest BCUT2D eigenvalue weighted by Gasteiger charge is 2.12. The van der Waals surface area contributed by atoms with Gasteiger partial charge in [0.15, 0.2) is 23.9 Å². The average Bonchev–Trinajstić information content (AvgIpc) is 3.19. The van der Waals surface area contributed by atoms with E-state index in [-0.39, 0.29) is 31.1 Å². The standard InChI is InChI=1S/C20H17N5O4/c21-19-23-17(24-20(25-19)22-14-4-2-1-3-5-14)11-27-18(26)9-7-13-6-8-15-16(10-13)29-12-28-15/h1-10H,11-12H2,(H3,21,22,23,24,25)/b9-7+. The monoisotopic (exact) mass is 391 g/mol. The van der Waals surface area contributed by atoms with E-state index in [2.05, 4.69) is 20.3 Å². The number of anilines is 3. The van der Waals surface area contributed by atoms with Crippen LogP contribution < -0.4 is 20.5 Å². The maximum Gasteiger partial charge on any atom is 0.331 e. The normalized spacial score (nSPS) is 12.1. The van der Waals surface area contributed by atoms with Crippen LogP contribution in [0.1, 0.15) is 11.4 Å². The van der Waals surface area contributed by atoms with Crippen LogP contribution in [0.5, 0.6) is 11.5 Å². The van der Waals surface area contributed by atoms with E-state index >= 15 is 0 Å². The quantitative estimate of drug-likeness (QED) is 0.482. The molecule has 0 saturated heterocycles. The van der Waals surface area contributed by atoms with Crippen molar-refractivity contribution in [1.82, 2.24) is 15.0 Å². The molecule has 29 heavy (non-hydrogen) atoms. The molecule has 2 aromatic carbocycles. The predicted octanol–water partition coefficient (Wildman–Crippen LogP) is 2.68. The fraction of sp³-hybridized carbons (Fsp3) is 0.100. The number of nitrogens with two attached hydrogens (primary N) is 1. The van der Waals surface area contributed by atoms with Crippen LogP contribution in [0.15, 0.2) is 54.6 Å². The fourth-order valence-electron chi connectivity index (χ4n) is 2.57. The summed E-state index contributed by atoms with van der Waals surface area (Å²) in [6.45, 7) is 0.0568. The van der Waals surface area contributed by atoms with E-state index in [1.54, 1.807) is 18.2 Å². The lowest BCUT2D eigenvalue weighted by molar-refractivity contribution is -0.139. The summed E-state index contributed by atoms with van der Waals surface area (Å²) in [4.78, 5) is 24.2. The molecule has 0 saturated carbocycles. The number of hydrogen-bond acceptors (Lipinski definition) is 9. The van der Waals surface area contributed by atoms with Gasteiger partial charge in [-0.2, -0.15) is 15.0 Å². The molecule has 0 fully saturated rings. The molecule has 3 aromatic rings. The molecule has 0 bridgehead atoms. The molecule has 0 unspecified atom stereocenters. The lowest BCUT2D eigenvalue weighted by atomic mass is 10.2. The van der Waals surface area contributed by atoms with E-state index in [1.165, 1.54) is 6.08 Å². The van der Waals surface area contributed by atoms with Crippen molar-refractivity contribution in [3.63, 3.8) is 0 Å². The highest BCUT2D eigenvalue weighted by atomic mass is 16.7. The summed E-state index contributed by atoms with van der Waals surface area (Å²) in [6, 6.07) is 14.7. The van der Waals surface area contributed by atoms with Gasteiger partial charge < -0.3 is 25.3 Å². The van der Waals surface area contributed by atoms with Crippen LogP contribution in [0, 0.1) is 0 Å². The minimum atomic E-state index is -0.542. The lowest BCUT2D eigenvalue weighted by Gasteiger charge is -2.07. The van der Waals surface area contributed by atoms with E-state index < -0.39 is 5.97 Å². The third-order valence-corrected chi connectivity index (χ3v) is 3.88. The molecule has 1 aliphatic heterocycles. The Morgan fingerprint density at radius 1 is 1.10 bits per heavy atom. The van der Waals surface area contributed by atoms with Crippen molar-refractivity contribution in [2.24, 2.45) is 0 Å². The molecule has 9 heteroatoms. The van der Waals surface area contributed by atoms with Crippen LogP contribution in [0.4, 0.5) is 17.6 Å². The lowest BCUT2D eigenvalue weighted by Crippen LogP contribution is -2.10. The second-order valence-corrected chi connectivity index (χ2v) is 5.98. The average molecular weight is 391 g/mol. The minimum Gasteiger partial charge on any atom is -0.454 e.